The van der Waals surface area contributed by atoms with Gasteiger partial charge in [-0.15, -0.1) is 0 Å². The van der Waals surface area contributed by atoms with E-state index >= 15 is 0 Å². The van der Waals surface area contributed by atoms with Gasteiger partial charge in [0.15, 0.2) is 0 Å². The number of hydrogen-bond donors (Lipinski definition) is 1. The molecule has 0 aliphatic heterocycles. The summed E-state index contributed by atoms with van der Waals surface area (Å²) in [6.45, 7) is 9.59. The van der Waals surface area contributed by atoms with Gasteiger partial charge in [-0.1, -0.05) is 55.0 Å². The van der Waals surface area contributed by atoms with Crippen molar-refractivity contribution >= 4 is 27.5 Å². The monoisotopic (exact) mass is 579 g/mol. The molecule has 0 aliphatic rings. The Morgan fingerprint density at radius 3 is 2.10 bits per heavy atom. The van der Waals surface area contributed by atoms with Crippen LogP contribution in [0.25, 0.3) is 0 Å². The molecule has 3 aromatic rings. The van der Waals surface area contributed by atoms with Crippen LogP contribution in [0.3, 0.4) is 0 Å². The zero-order chi connectivity index (χ0) is 30.0. The summed E-state index contributed by atoms with van der Waals surface area (Å²) in [4.78, 5) is 28.8. The third-order valence-corrected chi connectivity index (χ3v) is 8.41. The van der Waals surface area contributed by atoms with Gasteiger partial charge in [0.1, 0.15) is 18.3 Å². The van der Waals surface area contributed by atoms with Gasteiger partial charge in [-0.25, -0.2) is 8.42 Å². The molecular formula is C32H41N3O5S. The first-order chi connectivity index (χ1) is 19.6. The smallest absolute Gasteiger partial charge is 0.264 e. The predicted octanol–water partition coefficient (Wildman–Crippen LogP) is 4.96. The van der Waals surface area contributed by atoms with Crippen molar-refractivity contribution in [3.05, 3.63) is 90.0 Å². The summed E-state index contributed by atoms with van der Waals surface area (Å²) in [5.74, 6) is -0.166. The van der Waals surface area contributed by atoms with Crippen LogP contribution in [0.1, 0.15) is 45.2 Å². The number of amides is 2. The number of hydrogen-bond acceptors (Lipinski definition) is 5. The molecule has 1 atom stereocenters. The minimum Gasteiger partial charge on any atom is -0.494 e. The SMILES string of the molecule is CCOc1ccc(S(=O)(=O)N(CC(=O)N(CCc2ccccc2)[C@H](CC)C(=O)NC(C)C)c2ccc(C)cc2)cc1. The summed E-state index contributed by atoms with van der Waals surface area (Å²) in [6.07, 6.45) is 0.906. The average Bonchev–Trinajstić information content (AvgIpc) is 2.95. The van der Waals surface area contributed by atoms with E-state index in [-0.39, 0.29) is 23.4 Å². The zero-order valence-corrected chi connectivity index (χ0v) is 25.4. The lowest BCUT2D eigenvalue weighted by atomic mass is 10.1. The van der Waals surface area contributed by atoms with Crippen LogP contribution >= 0.6 is 0 Å². The van der Waals surface area contributed by atoms with Crippen LogP contribution in [0.15, 0.2) is 83.8 Å². The molecule has 0 radical (unpaired) electrons. The molecule has 0 saturated carbocycles. The normalized spacial score (nSPS) is 12.0. The van der Waals surface area contributed by atoms with Crippen molar-refractivity contribution in [2.75, 3.05) is 24.0 Å². The molecule has 41 heavy (non-hydrogen) atoms. The van der Waals surface area contributed by atoms with E-state index in [1.54, 1.807) is 36.4 Å². The summed E-state index contributed by atoms with van der Waals surface area (Å²) in [5, 5.41) is 2.91. The van der Waals surface area contributed by atoms with Gasteiger partial charge < -0.3 is 15.0 Å². The molecule has 0 unspecified atom stereocenters. The van der Waals surface area contributed by atoms with E-state index in [2.05, 4.69) is 5.32 Å². The van der Waals surface area contributed by atoms with Crippen molar-refractivity contribution in [3.8, 4) is 5.75 Å². The van der Waals surface area contributed by atoms with Gasteiger partial charge in [-0.2, -0.15) is 0 Å². The molecule has 0 saturated heterocycles. The molecule has 0 heterocycles. The van der Waals surface area contributed by atoms with Crippen LogP contribution in [0.5, 0.6) is 5.75 Å². The van der Waals surface area contributed by atoms with Gasteiger partial charge in [0.2, 0.25) is 11.8 Å². The summed E-state index contributed by atoms with van der Waals surface area (Å²) < 4.78 is 34.5. The Labute approximate surface area is 244 Å². The van der Waals surface area contributed by atoms with E-state index in [1.807, 2.05) is 65.0 Å². The number of sulfonamides is 1. The van der Waals surface area contributed by atoms with Crippen molar-refractivity contribution in [1.82, 2.24) is 10.2 Å². The minimum atomic E-state index is -4.14. The van der Waals surface area contributed by atoms with Gasteiger partial charge in [0.25, 0.3) is 10.0 Å². The maximum Gasteiger partial charge on any atom is 0.264 e. The summed E-state index contributed by atoms with van der Waals surface area (Å²) in [7, 11) is -4.14. The van der Waals surface area contributed by atoms with Crippen molar-refractivity contribution in [2.24, 2.45) is 0 Å². The first-order valence-corrected chi connectivity index (χ1v) is 15.5. The third kappa shape index (κ3) is 8.57. The van der Waals surface area contributed by atoms with Gasteiger partial charge in [0.05, 0.1) is 17.2 Å². The molecule has 2 amide bonds. The highest BCUT2D eigenvalue weighted by molar-refractivity contribution is 7.92. The van der Waals surface area contributed by atoms with Crippen molar-refractivity contribution in [1.29, 1.82) is 0 Å². The number of carbonyl (C=O) groups excluding carboxylic acids is 2. The largest absolute Gasteiger partial charge is 0.494 e. The Hall–Kier alpha value is -3.85. The molecule has 220 valence electrons. The number of carbonyl (C=O) groups is 2. The summed E-state index contributed by atoms with van der Waals surface area (Å²) >= 11 is 0. The third-order valence-electron chi connectivity index (χ3n) is 6.62. The molecular weight excluding hydrogens is 538 g/mol. The van der Waals surface area contributed by atoms with Crippen LogP contribution in [0.2, 0.25) is 0 Å². The van der Waals surface area contributed by atoms with Crippen LogP contribution in [-0.4, -0.2) is 56.9 Å². The maximum atomic E-state index is 14.0. The number of rotatable bonds is 14. The van der Waals surface area contributed by atoms with Crippen molar-refractivity contribution in [2.45, 2.75) is 64.4 Å². The maximum absolute atomic E-state index is 14.0. The second kappa shape index (κ2) is 14.7. The molecule has 1 N–H and O–H groups in total. The standard InChI is InChI=1S/C32H41N3O5S/c1-6-30(32(37)33-24(3)4)34(22-21-26-11-9-8-10-12-26)31(36)23-35(27-15-13-25(5)14-16-27)41(38,39)29-19-17-28(18-20-29)40-7-2/h8-20,24,30H,6-7,21-23H2,1-5H3,(H,33,37)/t30-/m1/s1. The number of nitrogens with one attached hydrogen (secondary N) is 1. The molecule has 0 aromatic heterocycles. The van der Waals surface area contributed by atoms with Crippen LogP contribution in [0, 0.1) is 6.92 Å². The second-order valence-electron chi connectivity index (χ2n) is 10.2. The topological polar surface area (TPSA) is 96.0 Å². The number of ether oxygens (including phenoxy) is 1. The molecule has 0 aliphatic carbocycles. The Morgan fingerprint density at radius 2 is 1.54 bits per heavy atom. The first-order valence-electron chi connectivity index (χ1n) is 14.0. The number of nitrogens with zero attached hydrogens (tertiary/aromatic N) is 2. The number of aryl methyl sites for hydroxylation is 1. The average molecular weight is 580 g/mol. The molecule has 0 spiro atoms. The first kappa shape index (κ1) is 31.7. The van der Waals surface area contributed by atoms with E-state index < -0.39 is 28.5 Å². The molecule has 0 fully saturated rings. The molecule has 0 bridgehead atoms. The zero-order valence-electron chi connectivity index (χ0n) is 24.5. The Kier molecular flexibility index (Phi) is 11.3. The molecule has 3 aromatic carbocycles. The summed E-state index contributed by atoms with van der Waals surface area (Å²) in [6, 6.07) is 22.0. The highest BCUT2D eigenvalue weighted by Gasteiger charge is 2.33. The number of anilines is 1. The van der Waals surface area contributed by atoms with Gasteiger partial charge in [-0.05, 0) is 82.5 Å². The van der Waals surface area contributed by atoms with Crippen molar-refractivity contribution < 1.29 is 22.7 Å². The second-order valence-corrected chi connectivity index (χ2v) is 12.0. The highest BCUT2D eigenvalue weighted by Crippen LogP contribution is 2.26. The van der Waals surface area contributed by atoms with E-state index in [0.29, 0.717) is 30.9 Å². The summed E-state index contributed by atoms with van der Waals surface area (Å²) in [5.41, 5.74) is 2.33. The lowest BCUT2D eigenvalue weighted by Crippen LogP contribution is -2.54. The fraction of sp³-hybridized carbons (Fsp3) is 0.375. The van der Waals surface area contributed by atoms with Crippen LogP contribution in [0.4, 0.5) is 5.69 Å². The predicted molar refractivity (Wildman–Crippen MR) is 163 cm³/mol. The highest BCUT2D eigenvalue weighted by atomic mass is 32.2. The fourth-order valence-corrected chi connectivity index (χ4v) is 5.93. The van der Waals surface area contributed by atoms with Gasteiger partial charge in [-0.3, -0.25) is 13.9 Å². The van der Waals surface area contributed by atoms with Gasteiger partial charge in [0, 0.05) is 12.6 Å². The lowest BCUT2D eigenvalue weighted by Gasteiger charge is -2.33. The number of benzene rings is 3. The van der Waals surface area contributed by atoms with E-state index in [9.17, 15) is 18.0 Å². The Balaban J connectivity index is 2.00. The Morgan fingerprint density at radius 1 is 0.902 bits per heavy atom. The lowest BCUT2D eigenvalue weighted by molar-refractivity contribution is -0.139. The van der Waals surface area contributed by atoms with Crippen molar-refractivity contribution in [3.63, 3.8) is 0 Å². The van der Waals surface area contributed by atoms with E-state index in [1.165, 1.54) is 17.0 Å². The van der Waals surface area contributed by atoms with Gasteiger partial charge >= 0.3 is 0 Å². The van der Waals surface area contributed by atoms with Crippen LogP contribution in [-0.2, 0) is 26.0 Å². The molecule has 3 rings (SSSR count). The minimum absolute atomic E-state index is 0.0368. The van der Waals surface area contributed by atoms with Crippen LogP contribution < -0.4 is 14.4 Å². The van der Waals surface area contributed by atoms with E-state index in [4.69, 9.17) is 4.74 Å². The Bertz CT molecular complexity index is 1380. The molecule has 8 nitrogen and oxygen atoms in total. The quantitative estimate of drug-likeness (QED) is 0.291. The van der Waals surface area contributed by atoms with E-state index in [0.717, 1.165) is 15.4 Å². The fourth-order valence-electron chi connectivity index (χ4n) is 4.52. The molecule has 9 heteroatoms.